The number of amides is 1. The maximum Gasteiger partial charge on any atom is 0.255 e. The van der Waals surface area contributed by atoms with Crippen molar-refractivity contribution in [1.29, 1.82) is 0 Å². The maximum absolute atomic E-state index is 13.2. The summed E-state index contributed by atoms with van der Waals surface area (Å²) >= 11 is 0. The van der Waals surface area contributed by atoms with E-state index >= 15 is 0 Å². The highest BCUT2D eigenvalue weighted by Crippen LogP contribution is 2.18. The van der Waals surface area contributed by atoms with Crippen LogP contribution in [0.1, 0.15) is 46.4 Å². The molecule has 1 saturated heterocycles. The molecule has 4 rings (SSSR count). The van der Waals surface area contributed by atoms with Gasteiger partial charge in [-0.1, -0.05) is 30.7 Å². The monoisotopic (exact) mass is 406 g/mol. The van der Waals surface area contributed by atoms with Crippen molar-refractivity contribution >= 4 is 5.91 Å². The van der Waals surface area contributed by atoms with Gasteiger partial charge >= 0.3 is 0 Å². The lowest BCUT2D eigenvalue weighted by molar-refractivity contribution is 0.0950. The summed E-state index contributed by atoms with van der Waals surface area (Å²) in [6.07, 6.45) is 5.40. The van der Waals surface area contributed by atoms with Gasteiger partial charge in [0.25, 0.3) is 5.91 Å². The first-order chi connectivity index (χ1) is 14.6. The number of carbonyl (C=O) groups is 1. The van der Waals surface area contributed by atoms with E-state index in [1.54, 1.807) is 23.0 Å². The summed E-state index contributed by atoms with van der Waals surface area (Å²) < 4.78 is 14.8. The number of likely N-dealkylation sites (tertiary alicyclic amines) is 1. The fourth-order valence-electron chi connectivity index (χ4n) is 3.99. The van der Waals surface area contributed by atoms with Crippen molar-refractivity contribution in [3.63, 3.8) is 0 Å². The summed E-state index contributed by atoms with van der Waals surface area (Å²) in [5, 5.41) is 7.35. The first kappa shape index (κ1) is 20.3. The van der Waals surface area contributed by atoms with Crippen molar-refractivity contribution in [3.8, 4) is 5.69 Å². The molecule has 2 heterocycles. The molecular weight excluding hydrogens is 379 g/mol. The second-order valence-corrected chi connectivity index (χ2v) is 7.82. The molecule has 3 aromatic rings. The van der Waals surface area contributed by atoms with Crippen molar-refractivity contribution in [1.82, 2.24) is 20.0 Å². The van der Waals surface area contributed by atoms with Crippen LogP contribution in [0.4, 0.5) is 4.39 Å². The molecule has 0 bridgehead atoms. The molecule has 5 nitrogen and oxygen atoms in total. The topological polar surface area (TPSA) is 50.2 Å². The summed E-state index contributed by atoms with van der Waals surface area (Å²) in [6.45, 7) is 5.53. The van der Waals surface area contributed by atoms with E-state index in [0.29, 0.717) is 12.1 Å². The fourth-order valence-corrected chi connectivity index (χ4v) is 3.99. The Labute approximate surface area is 176 Å². The molecule has 0 radical (unpaired) electrons. The highest BCUT2D eigenvalue weighted by molar-refractivity contribution is 5.95. The largest absolute Gasteiger partial charge is 0.348 e. The van der Waals surface area contributed by atoms with Crippen molar-refractivity contribution < 1.29 is 9.18 Å². The van der Waals surface area contributed by atoms with Gasteiger partial charge in [0.15, 0.2) is 0 Å². The van der Waals surface area contributed by atoms with Crippen molar-refractivity contribution in [3.05, 3.63) is 82.9 Å². The van der Waals surface area contributed by atoms with Crippen molar-refractivity contribution in [2.75, 3.05) is 13.1 Å². The van der Waals surface area contributed by atoms with Gasteiger partial charge in [0.2, 0.25) is 0 Å². The lowest BCUT2D eigenvalue weighted by Gasteiger charge is -2.27. The molecule has 30 heavy (non-hydrogen) atoms. The molecular formula is C24H27FN4O. The van der Waals surface area contributed by atoms with E-state index in [1.807, 2.05) is 13.0 Å². The van der Waals surface area contributed by atoms with Crippen LogP contribution < -0.4 is 5.32 Å². The van der Waals surface area contributed by atoms with Crippen LogP contribution in [0.5, 0.6) is 0 Å². The van der Waals surface area contributed by atoms with Crippen molar-refractivity contribution in [2.45, 2.75) is 39.3 Å². The predicted molar refractivity (Wildman–Crippen MR) is 115 cm³/mol. The Hall–Kier alpha value is -2.99. The highest BCUT2D eigenvalue weighted by atomic mass is 19.1. The van der Waals surface area contributed by atoms with Gasteiger partial charge in [-0.2, -0.15) is 5.10 Å². The number of nitrogens with zero attached hydrogens (tertiary/aromatic N) is 3. The van der Waals surface area contributed by atoms with E-state index < -0.39 is 0 Å². The first-order valence-corrected chi connectivity index (χ1v) is 10.5. The quantitative estimate of drug-likeness (QED) is 0.666. The standard InChI is InChI=1S/C24H27FN4O/c1-18-23(16-27-29(18)22-11-9-21(25)10-12-22)24(30)26-15-19-7-3-4-8-20(19)17-28-13-5-2-6-14-28/h3-4,7-12,16H,2,5-6,13-15,17H2,1H3,(H,26,30). The lowest BCUT2D eigenvalue weighted by Crippen LogP contribution is -2.30. The van der Waals surface area contributed by atoms with Gasteiger partial charge in [0.1, 0.15) is 5.82 Å². The zero-order valence-electron chi connectivity index (χ0n) is 17.3. The van der Waals surface area contributed by atoms with Crippen LogP contribution in [0.3, 0.4) is 0 Å². The maximum atomic E-state index is 13.2. The highest BCUT2D eigenvalue weighted by Gasteiger charge is 2.16. The Balaban J connectivity index is 1.43. The number of hydrogen-bond acceptors (Lipinski definition) is 3. The summed E-state index contributed by atoms with van der Waals surface area (Å²) in [5.74, 6) is -0.460. The second-order valence-electron chi connectivity index (χ2n) is 7.82. The Bertz CT molecular complexity index is 1010. The summed E-state index contributed by atoms with van der Waals surface area (Å²) in [4.78, 5) is 15.3. The molecule has 1 N–H and O–H groups in total. The summed E-state index contributed by atoms with van der Waals surface area (Å²) in [5.41, 5.74) is 4.37. The van der Waals surface area contributed by atoms with Crippen LogP contribution in [0.15, 0.2) is 54.7 Å². The zero-order valence-corrected chi connectivity index (χ0v) is 17.3. The number of piperidine rings is 1. The average Bonchev–Trinajstić information content (AvgIpc) is 3.15. The summed E-state index contributed by atoms with van der Waals surface area (Å²) in [7, 11) is 0. The third kappa shape index (κ3) is 4.60. The molecule has 1 aliphatic heterocycles. The smallest absolute Gasteiger partial charge is 0.255 e. The van der Waals surface area contributed by atoms with Gasteiger partial charge < -0.3 is 5.32 Å². The van der Waals surface area contributed by atoms with E-state index in [-0.39, 0.29) is 11.7 Å². The minimum Gasteiger partial charge on any atom is -0.348 e. The Kier molecular flexibility index (Phi) is 6.23. The first-order valence-electron chi connectivity index (χ1n) is 10.5. The van der Waals surface area contributed by atoms with Gasteiger partial charge in [-0.25, -0.2) is 9.07 Å². The molecule has 0 unspecified atom stereocenters. The van der Waals surface area contributed by atoms with Gasteiger partial charge in [0, 0.05) is 13.1 Å². The molecule has 0 spiro atoms. The number of halogens is 1. The number of carbonyl (C=O) groups excluding carboxylic acids is 1. The van der Waals surface area contributed by atoms with Gasteiger partial charge in [-0.3, -0.25) is 9.69 Å². The Morgan fingerprint density at radius 3 is 2.47 bits per heavy atom. The zero-order chi connectivity index (χ0) is 20.9. The average molecular weight is 407 g/mol. The minimum atomic E-state index is -0.301. The van der Waals surface area contributed by atoms with Crippen LogP contribution >= 0.6 is 0 Å². The van der Waals surface area contributed by atoms with E-state index in [1.165, 1.54) is 37.0 Å². The molecule has 0 atom stereocenters. The second kappa shape index (κ2) is 9.22. The van der Waals surface area contributed by atoms with E-state index in [9.17, 15) is 9.18 Å². The molecule has 1 amide bonds. The molecule has 1 aliphatic rings. The normalized spacial score (nSPS) is 14.6. The van der Waals surface area contributed by atoms with Crippen LogP contribution in [0, 0.1) is 12.7 Å². The third-order valence-electron chi connectivity index (χ3n) is 5.73. The van der Waals surface area contributed by atoms with E-state index in [0.717, 1.165) is 36.6 Å². The van der Waals surface area contributed by atoms with Gasteiger partial charge in [-0.05, 0) is 68.2 Å². The molecule has 0 saturated carbocycles. The predicted octanol–water partition coefficient (Wildman–Crippen LogP) is 4.24. The van der Waals surface area contributed by atoms with Crippen LogP contribution in [-0.2, 0) is 13.1 Å². The number of hydrogen-bond donors (Lipinski definition) is 1. The third-order valence-corrected chi connectivity index (χ3v) is 5.73. The fraction of sp³-hybridized carbons (Fsp3) is 0.333. The van der Waals surface area contributed by atoms with E-state index in [4.69, 9.17) is 0 Å². The van der Waals surface area contributed by atoms with Gasteiger partial charge in [-0.15, -0.1) is 0 Å². The lowest BCUT2D eigenvalue weighted by atomic mass is 10.0. The van der Waals surface area contributed by atoms with Crippen LogP contribution in [0.2, 0.25) is 0 Å². The van der Waals surface area contributed by atoms with Crippen molar-refractivity contribution in [2.24, 2.45) is 0 Å². The minimum absolute atomic E-state index is 0.159. The van der Waals surface area contributed by atoms with Gasteiger partial charge in [0.05, 0.1) is 23.1 Å². The molecule has 6 heteroatoms. The SMILES string of the molecule is Cc1c(C(=O)NCc2ccccc2CN2CCCCC2)cnn1-c1ccc(F)cc1. The Morgan fingerprint density at radius 1 is 1.03 bits per heavy atom. The van der Waals surface area contributed by atoms with Crippen LogP contribution in [0.25, 0.3) is 5.69 Å². The number of benzene rings is 2. The number of rotatable bonds is 6. The van der Waals surface area contributed by atoms with E-state index in [2.05, 4.69) is 33.5 Å². The molecule has 156 valence electrons. The number of aromatic nitrogens is 2. The molecule has 2 aromatic carbocycles. The Morgan fingerprint density at radius 2 is 1.73 bits per heavy atom. The number of nitrogens with one attached hydrogen (secondary N) is 1. The summed E-state index contributed by atoms with van der Waals surface area (Å²) in [6, 6.07) is 14.4. The molecule has 1 fully saturated rings. The van der Waals surface area contributed by atoms with Crippen LogP contribution in [-0.4, -0.2) is 33.7 Å². The molecule has 1 aromatic heterocycles. The molecule has 0 aliphatic carbocycles.